The first-order valence-corrected chi connectivity index (χ1v) is 3.75. The maximum atomic E-state index is 8.70. The number of aliphatic hydroxyl groups excluding tert-OH is 1. The standard InChI is InChI=1S/C7H18N2O/c1-6(2)4-9-7(3-8)5-10/h6-7,9-10H,3-5,8H2,1-2H3. The van der Waals surface area contributed by atoms with Crippen LogP contribution in [0.1, 0.15) is 13.8 Å². The molecule has 0 rings (SSSR count). The summed E-state index contributed by atoms with van der Waals surface area (Å²) >= 11 is 0. The zero-order valence-corrected chi connectivity index (χ0v) is 6.80. The Morgan fingerprint density at radius 2 is 2.10 bits per heavy atom. The van der Waals surface area contributed by atoms with Crippen molar-refractivity contribution in [1.82, 2.24) is 5.32 Å². The Labute approximate surface area is 62.6 Å². The lowest BCUT2D eigenvalue weighted by atomic mass is 10.2. The van der Waals surface area contributed by atoms with Crippen molar-refractivity contribution in [1.29, 1.82) is 0 Å². The predicted octanol–water partition coefficient (Wildman–Crippen LogP) is -0.448. The van der Waals surface area contributed by atoms with E-state index < -0.39 is 0 Å². The van der Waals surface area contributed by atoms with E-state index in [2.05, 4.69) is 19.2 Å². The van der Waals surface area contributed by atoms with Gasteiger partial charge in [0.15, 0.2) is 0 Å². The molecule has 1 unspecified atom stereocenters. The number of hydrogen-bond acceptors (Lipinski definition) is 3. The van der Waals surface area contributed by atoms with Crippen molar-refractivity contribution in [2.45, 2.75) is 19.9 Å². The first-order valence-electron chi connectivity index (χ1n) is 3.75. The first-order chi connectivity index (χ1) is 4.70. The van der Waals surface area contributed by atoms with Gasteiger partial charge in [0, 0.05) is 12.6 Å². The Morgan fingerprint density at radius 3 is 2.40 bits per heavy atom. The van der Waals surface area contributed by atoms with E-state index in [0.29, 0.717) is 12.5 Å². The molecule has 0 aliphatic carbocycles. The van der Waals surface area contributed by atoms with Gasteiger partial charge in [-0.05, 0) is 12.5 Å². The Balaban J connectivity index is 3.26. The van der Waals surface area contributed by atoms with Crippen molar-refractivity contribution >= 4 is 0 Å². The summed E-state index contributed by atoms with van der Waals surface area (Å²) in [6.45, 7) is 5.80. The van der Waals surface area contributed by atoms with Crippen molar-refractivity contribution in [3.63, 3.8) is 0 Å². The van der Waals surface area contributed by atoms with Gasteiger partial charge in [0.2, 0.25) is 0 Å². The van der Waals surface area contributed by atoms with Crippen LogP contribution in [-0.4, -0.2) is 30.8 Å². The highest BCUT2D eigenvalue weighted by Gasteiger charge is 2.03. The van der Waals surface area contributed by atoms with Gasteiger partial charge in [-0.25, -0.2) is 0 Å². The molecule has 0 aromatic carbocycles. The number of aliphatic hydroxyl groups is 1. The van der Waals surface area contributed by atoms with Crippen LogP contribution in [0.15, 0.2) is 0 Å². The van der Waals surface area contributed by atoms with Crippen LogP contribution in [0, 0.1) is 5.92 Å². The van der Waals surface area contributed by atoms with Crippen molar-refractivity contribution in [2.75, 3.05) is 19.7 Å². The molecule has 3 heteroatoms. The predicted molar refractivity (Wildman–Crippen MR) is 42.8 cm³/mol. The Bertz CT molecular complexity index is 72.0. The fourth-order valence-electron chi connectivity index (χ4n) is 0.625. The van der Waals surface area contributed by atoms with Crippen molar-refractivity contribution in [2.24, 2.45) is 11.7 Å². The third-order valence-corrected chi connectivity index (χ3v) is 1.32. The van der Waals surface area contributed by atoms with E-state index in [1.165, 1.54) is 0 Å². The van der Waals surface area contributed by atoms with E-state index in [1.54, 1.807) is 0 Å². The van der Waals surface area contributed by atoms with Crippen molar-refractivity contribution in [3.05, 3.63) is 0 Å². The average Bonchev–Trinajstić information content (AvgIpc) is 1.90. The summed E-state index contributed by atoms with van der Waals surface area (Å²) in [6, 6.07) is 0.0717. The molecular weight excluding hydrogens is 128 g/mol. The molecule has 10 heavy (non-hydrogen) atoms. The summed E-state index contributed by atoms with van der Waals surface area (Å²) in [6.07, 6.45) is 0. The number of rotatable bonds is 5. The third-order valence-electron chi connectivity index (χ3n) is 1.32. The van der Waals surface area contributed by atoms with Gasteiger partial charge in [-0.15, -0.1) is 0 Å². The summed E-state index contributed by atoms with van der Waals surface area (Å²) in [5, 5.41) is 11.8. The minimum absolute atomic E-state index is 0.0717. The quantitative estimate of drug-likeness (QED) is 0.492. The highest BCUT2D eigenvalue weighted by Crippen LogP contribution is 1.88. The second-order valence-electron chi connectivity index (χ2n) is 2.92. The van der Waals surface area contributed by atoms with Crippen molar-refractivity contribution in [3.8, 4) is 0 Å². The zero-order valence-electron chi connectivity index (χ0n) is 6.80. The molecule has 0 saturated carbocycles. The van der Waals surface area contributed by atoms with Gasteiger partial charge in [0.25, 0.3) is 0 Å². The normalized spacial score (nSPS) is 14.1. The third kappa shape index (κ3) is 4.73. The van der Waals surface area contributed by atoms with Gasteiger partial charge >= 0.3 is 0 Å². The monoisotopic (exact) mass is 146 g/mol. The molecule has 0 aliphatic rings. The Morgan fingerprint density at radius 1 is 1.50 bits per heavy atom. The molecule has 0 fully saturated rings. The minimum Gasteiger partial charge on any atom is -0.395 e. The van der Waals surface area contributed by atoms with E-state index in [4.69, 9.17) is 10.8 Å². The molecular formula is C7H18N2O. The zero-order chi connectivity index (χ0) is 7.98. The van der Waals surface area contributed by atoms with Crippen LogP contribution in [0.2, 0.25) is 0 Å². The fraction of sp³-hybridized carbons (Fsp3) is 1.00. The summed E-state index contributed by atoms with van der Waals surface area (Å²) in [5.74, 6) is 0.612. The van der Waals surface area contributed by atoms with Crippen LogP contribution >= 0.6 is 0 Å². The van der Waals surface area contributed by atoms with Gasteiger partial charge in [0.05, 0.1) is 6.61 Å². The van der Waals surface area contributed by atoms with Crippen LogP contribution in [0.4, 0.5) is 0 Å². The summed E-state index contributed by atoms with van der Waals surface area (Å²) in [7, 11) is 0. The second-order valence-corrected chi connectivity index (χ2v) is 2.92. The largest absolute Gasteiger partial charge is 0.395 e. The SMILES string of the molecule is CC(C)CNC(CN)CO. The molecule has 0 aromatic rings. The molecule has 0 spiro atoms. The van der Waals surface area contributed by atoms with Crippen LogP contribution in [-0.2, 0) is 0 Å². The lowest BCUT2D eigenvalue weighted by Crippen LogP contribution is -2.40. The van der Waals surface area contributed by atoms with E-state index in [0.717, 1.165) is 6.54 Å². The van der Waals surface area contributed by atoms with Gasteiger partial charge < -0.3 is 16.2 Å². The number of hydrogen-bond donors (Lipinski definition) is 3. The minimum atomic E-state index is 0.0717. The topological polar surface area (TPSA) is 58.3 Å². The Kier molecular flexibility index (Phi) is 5.58. The Hall–Kier alpha value is -0.120. The molecule has 0 bridgehead atoms. The van der Waals surface area contributed by atoms with Gasteiger partial charge in [0.1, 0.15) is 0 Å². The van der Waals surface area contributed by atoms with Gasteiger partial charge in [-0.2, -0.15) is 0 Å². The highest BCUT2D eigenvalue weighted by atomic mass is 16.3. The maximum absolute atomic E-state index is 8.70. The van der Waals surface area contributed by atoms with E-state index >= 15 is 0 Å². The van der Waals surface area contributed by atoms with Crippen LogP contribution in [0.3, 0.4) is 0 Å². The van der Waals surface area contributed by atoms with Crippen LogP contribution in [0.25, 0.3) is 0 Å². The lowest BCUT2D eigenvalue weighted by Gasteiger charge is -2.14. The average molecular weight is 146 g/mol. The summed E-state index contributed by atoms with van der Waals surface area (Å²) < 4.78 is 0. The van der Waals surface area contributed by atoms with E-state index in [9.17, 15) is 0 Å². The molecule has 0 amide bonds. The first kappa shape index (κ1) is 9.88. The maximum Gasteiger partial charge on any atom is 0.0597 e. The molecule has 62 valence electrons. The molecule has 0 heterocycles. The van der Waals surface area contributed by atoms with E-state index in [1.807, 2.05) is 0 Å². The second kappa shape index (κ2) is 5.65. The van der Waals surface area contributed by atoms with Crippen LogP contribution < -0.4 is 11.1 Å². The smallest absolute Gasteiger partial charge is 0.0597 e. The fourth-order valence-corrected chi connectivity index (χ4v) is 0.625. The van der Waals surface area contributed by atoms with Crippen molar-refractivity contribution < 1.29 is 5.11 Å². The molecule has 0 aliphatic heterocycles. The molecule has 0 radical (unpaired) electrons. The molecule has 1 atom stereocenters. The molecule has 3 nitrogen and oxygen atoms in total. The number of nitrogens with two attached hydrogens (primary N) is 1. The molecule has 4 N–H and O–H groups in total. The highest BCUT2D eigenvalue weighted by molar-refractivity contribution is 4.65. The van der Waals surface area contributed by atoms with Crippen LogP contribution in [0.5, 0.6) is 0 Å². The molecule has 0 aromatic heterocycles. The molecule has 0 saturated heterocycles. The van der Waals surface area contributed by atoms with Gasteiger partial charge in [-0.3, -0.25) is 0 Å². The van der Waals surface area contributed by atoms with E-state index in [-0.39, 0.29) is 12.6 Å². The lowest BCUT2D eigenvalue weighted by molar-refractivity contribution is 0.242. The summed E-state index contributed by atoms with van der Waals surface area (Å²) in [5.41, 5.74) is 5.35. The summed E-state index contributed by atoms with van der Waals surface area (Å²) in [4.78, 5) is 0. The van der Waals surface area contributed by atoms with Gasteiger partial charge in [-0.1, -0.05) is 13.8 Å². The number of nitrogens with one attached hydrogen (secondary N) is 1.